The normalized spacial score (nSPS) is 17.6. The topological polar surface area (TPSA) is 63.2 Å². The van der Waals surface area contributed by atoms with Crippen LogP contribution in [0.3, 0.4) is 0 Å². The zero-order valence-corrected chi connectivity index (χ0v) is 20.8. The third-order valence-electron chi connectivity index (χ3n) is 6.38. The van der Waals surface area contributed by atoms with Gasteiger partial charge < -0.3 is 9.80 Å². The van der Waals surface area contributed by atoms with Gasteiger partial charge in [-0.05, 0) is 60.0 Å². The fourth-order valence-corrected chi connectivity index (χ4v) is 4.97. The van der Waals surface area contributed by atoms with Crippen LogP contribution in [-0.4, -0.2) is 36.8 Å². The van der Waals surface area contributed by atoms with Crippen molar-refractivity contribution in [2.75, 3.05) is 29.5 Å². The number of nitrogens with one attached hydrogen (secondary N) is 2. The lowest BCUT2D eigenvalue weighted by molar-refractivity contribution is -0.131. The predicted octanol–water partition coefficient (Wildman–Crippen LogP) is 4.71. The minimum Gasteiger partial charge on any atom is -0.360 e. The van der Waals surface area contributed by atoms with Gasteiger partial charge in [0.05, 0.1) is 28.9 Å². The Morgan fingerprint density at radius 1 is 1.03 bits per heavy atom. The van der Waals surface area contributed by atoms with Gasteiger partial charge in [-0.2, -0.15) is 5.10 Å². The number of amides is 1. The van der Waals surface area contributed by atoms with Crippen molar-refractivity contribution >= 4 is 46.8 Å². The van der Waals surface area contributed by atoms with E-state index in [1.54, 1.807) is 11.3 Å². The highest BCUT2D eigenvalue weighted by atomic mass is 35.5. The maximum Gasteiger partial charge on any atom is 0.227 e. The Labute approximate surface area is 214 Å². The molecule has 0 spiro atoms. The van der Waals surface area contributed by atoms with Crippen LogP contribution in [-0.2, 0) is 11.2 Å². The number of hydrogen-bond donors (Lipinski definition) is 2. The van der Waals surface area contributed by atoms with Gasteiger partial charge in [0.15, 0.2) is 0 Å². The van der Waals surface area contributed by atoms with Gasteiger partial charge in [0, 0.05) is 24.7 Å². The molecule has 0 bridgehead atoms. The van der Waals surface area contributed by atoms with Crippen LogP contribution in [0.15, 0.2) is 71.8 Å². The molecule has 7 nitrogen and oxygen atoms in total. The molecule has 1 saturated heterocycles. The van der Waals surface area contributed by atoms with E-state index in [0.717, 1.165) is 33.1 Å². The summed E-state index contributed by atoms with van der Waals surface area (Å²) >= 11 is 12.8. The zero-order chi connectivity index (χ0) is 24.4. The van der Waals surface area contributed by atoms with Crippen LogP contribution in [0.4, 0.5) is 11.4 Å². The summed E-state index contributed by atoms with van der Waals surface area (Å²) in [6, 6.07) is 21.8. The molecule has 3 aromatic rings. The molecule has 0 saturated carbocycles. The summed E-state index contributed by atoms with van der Waals surface area (Å²) in [7, 11) is 0. The Bertz CT molecular complexity index is 1230. The number of rotatable bonds is 5. The zero-order valence-electron chi connectivity index (χ0n) is 19.3. The summed E-state index contributed by atoms with van der Waals surface area (Å²) in [5.74, 6) is 0.105. The van der Waals surface area contributed by atoms with Gasteiger partial charge in [0.2, 0.25) is 5.91 Å². The average Bonchev–Trinajstić information content (AvgIpc) is 3.40. The van der Waals surface area contributed by atoms with E-state index in [2.05, 4.69) is 33.2 Å². The minimum atomic E-state index is -0.0272. The van der Waals surface area contributed by atoms with Gasteiger partial charge in [-0.15, -0.1) is 5.53 Å². The summed E-state index contributed by atoms with van der Waals surface area (Å²) < 4.78 is 0. The molecule has 1 unspecified atom stereocenters. The molecular formula is C26H26Cl2N6O. The van der Waals surface area contributed by atoms with Crippen molar-refractivity contribution in [2.24, 2.45) is 5.10 Å². The highest BCUT2D eigenvalue weighted by molar-refractivity contribution is 6.33. The second-order valence-corrected chi connectivity index (χ2v) is 9.58. The van der Waals surface area contributed by atoms with Crippen molar-refractivity contribution in [3.05, 3.63) is 93.5 Å². The van der Waals surface area contributed by atoms with E-state index in [-0.39, 0.29) is 11.9 Å². The number of halogens is 2. The molecule has 35 heavy (non-hydrogen) atoms. The second-order valence-electron chi connectivity index (χ2n) is 8.74. The van der Waals surface area contributed by atoms with Crippen molar-refractivity contribution in [2.45, 2.75) is 19.4 Å². The second kappa shape index (κ2) is 10.2. The molecule has 1 atom stereocenters. The molecule has 9 heteroatoms. The molecule has 180 valence electrons. The molecule has 2 aliphatic heterocycles. The Morgan fingerprint density at radius 3 is 2.49 bits per heavy atom. The van der Waals surface area contributed by atoms with Crippen LogP contribution < -0.4 is 21.0 Å². The van der Waals surface area contributed by atoms with Crippen molar-refractivity contribution in [3.63, 3.8) is 0 Å². The Morgan fingerprint density at radius 2 is 1.80 bits per heavy atom. The van der Waals surface area contributed by atoms with Crippen molar-refractivity contribution < 1.29 is 4.79 Å². The van der Waals surface area contributed by atoms with E-state index in [0.29, 0.717) is 31.1 Å². The molecule has 5 rings (SSSR count). The molecule has 0 aliphatic carbocycles. The maximum absolute atomic E-state index is 13.3. The number of anilines is 2. The van der Waals surface area contributed by atoms with Gasteiger partial charge in [-0.3, -0.25) is 4.79 Å². The van der Waals surface area contributed by atoms with Crippen LogP contribution in [0.5, 0.6) is 0 Å². The first kappa shape index (κ1) is 23.5. The number of carbonyl (C=O) groups excluding carboxylic acids is 1. The van der Waals surface area contributed by atoms with E-state index < -0.39 is 0 Å². The maximum atomic E-state index is 13.3. The van der Waals surface area contributed by atoms with Crippen LogP contribution in [0.1, 0.15) is 22.7 Å². The van der Waals surface area contributed by atoms with Gasteiger partial charge in [-0.1, -0.05) is 53.5 Å². The molecule has 0 radical (unpaired) electrons. The summed E-state index contributed by atoms with van der Waals surface area (Å²) in [5.41, 5.74) is 10.7. The number of hydrazone groups is 1. The first-order valence-electron chi connectivity index (χ1n) is 11.5. The van der Waals surface area contributed by atoms with Crippen LogP contribution in [0.2, 0.25) is 10.0 Å². The number of nitrogens with zero attached hydrogens (tertiary/aromatic N) is 4. The summed E-state index contributed by atoms with van der Waals surface area (Å²) in [6.07, 6.45) is 2.00. The number of carbonyl (C=O) groups is 1. The number of aryl methyl sites for hydroxylation is 1. The van der Waals surface area contributed by atoms with E-state index in [9.17, 15) is 4.79 Å². The lowest BCUT2D eigenvalue weighted by Gasteiger charge is -2.43. The molecule has 2 heterocycles. The van der Waals surface area contributed by atoms with Gasteiger partial charge in [0.1, 0.15) is 6.34 Å². The Kier molecular flexibility index (Phi) is 6.81. The number of hydrogen-bond acceptors (Lipinski definition) is 6. The highest BCUT2D eigenvalue weighted by Crippen LogP contribution is 2.36. The molecule has 2 N–H and O–H groups in total. The SMILES string of the molecule is Cc1ccc(N2CCN(C(=O)Cc3ccc(N4C=NNN4)cc3)CC2c2ccc(Cl)cc2)c(Cl)c1. The fourth-order valence-electron chi connectivity index (χ4n) is 4.50. The van der Waals surface area contributed by atoms with E-state index in [4.69, 9.17) is 23.2 Å². The average molecular weight is 509 g/mol. The molecule has 2 aliphatic rings. The lowest BCUT2D eigenvalue weighted by Crippen LogP contribution is -2.51. The highest BCUT2D eigenvalue weighted by Gasteiger charge is 2.31. The third-order valence-corrected chi connectivity index (χ3v) is 6.93. The molecule has 1 fully saturated rings. The van der Waals surface area contributed by atoms with Crippen molar-refractivity contribution in [1.82, 2.24) is 16.0 Å². The van der Waals surface area contributed by atoms with Gasteiger partial charge in [0.25, 0.3) is 0 Å². The van der Waals surface area contributed by atoms with Crippen molar-refractivity contribution in [1.29, 1.82) is 0 Å². The largest absolute Gasteiger partial charge is 0.360 e. The quantitative estimate of drug-likeness (QED) is 0.522. The fraction of sp³-hybridized carbons (Fsp3) is 0.231. The van der Waals surface area contributed by atoms with E-state index in [1.807, 2.05) is 66.4 Å². The smallest absolute Gasteiger partial charge is 0.227 e. The number of benzene rings is 3. The Hall–Kier alpha value is -3.26. The van der Waals surface area contributed by atoms with Crippen LogP contribution >= 0.6 is 23.2 Å². The summed E-state index contributed by atoms with van der Waals surface area (Å²) in [6.45, 7) is 3.92. The first-order valence-corrected chi connectivity index (χ1v) is 12.2. The first-order chi connectivity index (χ1) is 17.0. The molecule has 0 aromatic heterocycles. The third kappa shape index (κ3) is 5.22. The Balaban J connectivity index is 1.34. The van der Waals surface area contributed by atoms with E-state index >= 15 is 0 Å². The standard InChI is InChI=1S/C26H26Cl2N6O/c1-18-2-11-24(23(28)14-18)33-13-12-32(16-25(33)20-5-7-21(27)8-6-20)26(35)15-19-3-9-22(10-4-19)34-17-29-30-31-34/h2-11,14,17,25,30-31H,12-13,15-16H2,1H3. The minimum absolute atomic E-state index is 0.0272. The lowest BCUT2D eigenvalue weighted by atomic mass is 10.00. The molecule has 3 aromatic carbocycles. The van der Waals surface area contributed by atoms with Gasteiger partial charge in [-0.25, -0.2) is 10.5 Å². The monoisotopic (exact) mass is 508 g/mol. The molecule has 1 amide bonds. The van der Waals surface area contributed by atoms with Gasteiger partial charge >= 0.3 is 0 Å². The van der Waals surface area contributed by atoms with E-state index in [1.165, 1.54) is 0 Å². The molecular weight excluding hydrogens is 483 g/mol. The van der Waals surface area contributed by atoms with Crippen molar-refractivity contribution in [3.8, 4) is 0 Å². The summed E-state index contributed by atoms with van der Waals surface area (Å²) in [5, 5.41) is 7.07. The number of piperazine rings is 1. The van der Waals surface area contributed by atoms with Crippen LogP contribution in [0, 0.1) is 6.92 Å². The number of hydrazine groups is 2. The summed E-state index contributed by atoms with van der Waals surface area (Å²) in [4.78, 5) is 17.5. The van der Waals surface area contributed by atoms with Crippen LogP contribution in [0.25, 0.3) is 0 Å². The predicted molar refractivity (Wildman–Crippen MR) is 142 cm³/mol.